The molecule has 0 aromatic rings. The maximum Gasteiger partial charge on any atom is 0.188 e. The van der Waals surface area contributed by atoms with Crippen molar-refractivity contribution in [1.29, 1.82) is 0 Å². The molecule has 0 aliphatic heterocycles. The molecule has 0 radical (unpaired) electrons. The summed E-state index contributed by atoms with van der Waals surface area (Å²) in [6.45, 7) is 16.7. The van der Waals surface area contributed by atoms with Crippen LogP contribution in [0.15, 0.2) is 0 Å². The molecule has 0 amide bonds. The zero-order chi connectivity index (χ0) is 35.6. The number of hydrogen-bond donors (Lipinski definition) is 1. The van der Waals surface area contributed by atoms with Gasteiger partial charge in [-0.3, -0.25) is 0 Å². The Kier molecular flexibility index (Phi) is 41.5. The van der Waals surface area contributed by atoms with Gasteiger partial charge < -0.3 is 57.2 Å². The van der Waals surface area contributed by atoms with E-state index in [0.29, 0.717) is 132 Å². The number of aliphatic hydroxyl groups excluding tert-OH is 1. The Morgan fingerprint density at radius 1 is 0.327 bits per heavy atom. The van der Waals surface area contributed by atoms with Gasteiger partial charge in [0.25, 0.3) is 0 Å². The number of ether oxygens (including phenoxy) is 11. The molecule has 0 rings (SSSR count). The van der Waals surface area contributed by atoms with Crippen molar-refractivity contribution in [2.75, 3.05) is 139 Å². The van der Waals surface area contributed by atoms with Crippen molar-refractivity contribution in [2.24, 2.45) is 0 Å². The Hall–Kier alpha value is -0.480. The predicted molar refractivity (Wildman–Crippen MR) is 192 cm³/mol. The molecule has 12 heteroatoms. The molecule has 0 fully saturated rings. The Morgan fingerprint density at radius 3 is 0.898 bits per heavy atom. The number of aliphatic hydroxyl groups is 1. The van der Waals surface area contributed by atoms with Crippen LogP contribution in [0.1, 0.15) is 97.8 Å². The van der Waals surface area contributed by atoms with Crippen LogP contribution < -0.4 is 0 Å². The van der Waals surface area contributed by atoms with E-state index in [4.69, 9.17) is 57.2 Å². The maximum absolute atomic E-state index is 8.60. The summed E-state index contributed by atoms with van der Waals surface area (Å²) in [6, 6.07) is 0. The van der Waals surface area contributed by atoms with E-state index in [2.05, 4.69) is 13.8 Å². The van der Waals surface area contributed by atoms with Gasteiger partial charge in [0.1, 0.15) is 6.61 Å². The minimum absolute atomic E-state index is 0.0274. The first kappa shape index (κ1) is 48.5. The minimum Gasteiger partial charge on any atom is -0.394 e. The monoisotopic (exact) mass is 713 g/mol. The first-order valence-electron chi connectivity index (χ1n) is 19.3. The van der Waals surface area contributed by atoms with Crippen LogP contribution in [0.2, 0.25) is 0 Å². The highest BCUT2D eigenvalue weighted by Gasteiger charge is 2.26. The molecule has 0 heterocycles. The summed E-state index contributed by atoms with van der Waals surface area (Å²) < 4.78 is 61.9. The summed E-state index contributed by atoms with van der Waals surface area (Å²) in [4.78, 5) is 0. The third-order valence-corrected chi connectivity index (χ3v) is 7.39. The van der Waals surface area contributed by atoms with Gasteiger partial charge in [0.15, 0.2) is 5.79 Å². The average molecular weight is 713 g/mol. The molecule has 0 unspecified atom stereocenters. The van der Waals surface area contributed by atoms with Gasteiger partial charge in [-0.2, -0.15) is 0 Å². The van der Waals surface area contributed by atoms with Crippen LogP contribution in [0.25, 0.3) is 0 Å². The lowest BCUT2D eigenvalue weighted by atomic mass is 10.1. The van der Waals surface area contributed by atoms with E-state index >= 15 is 0 Å². The van der Waals surface area contributed by atoms with Crippen molar-refractivity contribution >= 4 is 0 Å². The Balaban J connectivity index is 3.60. The summed E-state index contributed by atoms with van der Waals surface area (Å²) in [5, 5.41) is 8.60. The maximum atomic E-state index is 8.60. The second kappa shape index (κ2) is 41.9. The van der Waals surface area contributed by atoms with E-state index < -0.39 is 5.79 Å². The second-order valence-electron chi connectivity index (χ2n) is 12.0. The lowest BCUT2D eigenvalue weighted by Crippen LogP contribution is -2.39. The highest BCUT2D eigenvalue weighted by Crippen LogP contribution is 2.17. The van der Waals surface area contributed by atoms with Gasteiger partial charge in [0.2, 0.25) is 0 Å². The molecule has 0 aliphatic rings. The van der Waals surface area contributed by atoms with Crippen molar-refractivity contribution < 1.29 is 57.2 Å². The molecule has 49 heavy (non-hydrogen) atoms. The lowest BCUT2D eigenvalue weighted by Gasteiger charge is -2.30. The number of hydrogen-bond acceptors (Lipinski definition) is 12. The van der Waals surface area contributed by atoms with Crippen LogP contribution in [-0.4, -0.2) is 150 Å². The highest BCUT2D eigenvalue weighted by molar-refractivity contribution is 4.63. The van der Waals surface area contributed by atoms with Crippen molar-refractivity contribution in [2.45, 2.75) is 104 Å². The van der Waals surface area contributed by atoms with Crippen molar-refractivity contribution in [3.63, 3.8) is 0 Å². The average Bonchev–Trinajstić information content (AvgIpc) is 3.10. The molecule has 0 spiro atoms. The molecule has 0 aromatic heterocycles. The van der Waals surface area contributed by atoms with Gasteiger partial charge in [-0.15, -0.1) is 0 Å². The fourth-order valence-corrected chi connectivity index (χ4v) is 4.55. The third kappa shape index (κ3) is 40.2. The summed E-state index contributed by atoms with van der Waals surface area (Å²) in [6.07, 6.45) is 14.8. The first-order chi connectivity index (χ1) is 24.2. The van der Waals surface area contributed by atoms with Crippen LogP contribution in [0.3, 0.4) is 0 Å². The van der Waals surface area contributed by atoms with Crippen LogP contribution in [0.4, 0.5) is 0 Å². The predicted octanol–water partition coefficient (Wildman–Crippen LogP) is 5.60. The van der Waals surface area contributed by atoms with Gasteiger partial charge in [0.05, 0.1) is 132 Å². The zero-order valence-electron chi connectivity index (χ0n) is 31.8. The van der Waals surface area contributed by atoms with E-state index in [0.717, 1.165) is 12.8 Å². The quantitative estimate of drug-likeness (QED) is 0.0626. The van der Waals surface area contributed by atoms with Crippen LogP contribution in [0.5, 0.6) is 0 Å². The molecule has 296 valence electrons. The minimum atomic E-state index is -0.723. The first-order valence-corrected chi connectivity index (χ1v) is 19.3. The van der Waals surface area contributed by atoms with Crippen molar-refractivity contribution in [3.8, 4) is 0 Å². The van der Waals surface area contributed by atoms with E-state index in [-0.39, 0.29) is 6.61 Å². The van der Waals surface area contributed by atoms with Crippen LogP contribution in [-0.2, 0) is 52.1 Å². The molecule has 0 aromatic carbocycles. The van der Waals surface area contributed by atoms with Crippen molar-refractivity contribution in [3.05, 3.63) is 0 Å². The number of rotatable bonds is 44. The summed E-state index contributed by atoms with van der Waals surface area (Å²) in [5.74, 6) is -0.723. The Labute approximate surface area is 299 Å². The molecule has 0 bridgehead atoms. The fraction of sp³-hybridized carbons (Fsp3) is 1.00. The van der Waals surface area contributed by atoms with E-state index in [1.165, 1.54) is 64.2 Å². The molecule has 0 saturated carbocycles. The molecule has 0 saturated heterocycles. The van der Waals surface area contributed by atoms with Crippen molar-refractivity contribution in [1.82, 2.24) is 0 Å². The van der Waals surface area contributed by atoms with E-state index in [1.54, 1.807) is 0 Å². The number of unbranched alkanes of at least 4 members (excludes halogenated alkanes) is 10. The van der Waals surface area contributed by atoms with Gasteiger partial charge in [-0.05, 0) is 19.8 Å². The fourth-order valence-electron chi connectivity index (χ4n) is 4.55. The summed E-state index contributed by atoms with van der Waals surface area (Å²) in [5.41, 5.74) is 0. The molecule has 0 atom stereocenters. The van der Waals surface area contributed by atoms with E-state index in [9.17, 15) is 0 Å². The molecular weight excluding hydrogens is 636 g/mol. The topological polar surface area (TPSA) is 122 Å². The van der Waals surface area contributed by atoms with Gasteiger partial charge in [-0.25, -0.2) is 0 Å². The van der Waals surface area contributed by atoms with Crippen LogP contribution in [0, 0.1) is 0 Å². The second-order valence-corrected chi connectivity index (χ2v) is 12.0. The van der Waals surface area contributed by atoms with Gasteiger partial charge in [0, 0.05) is 0 Å². The smallest absolute Gasteiger partial charge is 0.188 e. The summed E-state index contributed by atoms with van der Waals surface area (Å²) in [7, 11) is 0. The summed E-state index contributed by atoms with van der Waals surface area (Å²) >= 11 is 0. The largest absolute Gasteiger partial charge is 0.394 e. The molecule has 0 aliphatic carbocycles. The SMILES string of the molecule is CCCCCCCCOC(C)(COCCOCCOCCOCCOCCOCCOCCOCCOCCO)OCCCCCCCC. The lowest BCUT2D eigenvalue weighted by molar-refractivity contribution is -0.252. The van der Waals surface area contributed by atoms with Gasteiger partial charge >= 0.3 is 0 Å². The van der Waals surface area contributed by atoms with Crippen LogP contribution >= 0.6 is 0 Å². The molecule has 1 N–H and O–H groups in total. The molecule has 12 nitrogen and oxygen atoms in total. The normalized spacial score (nSPS) is 12.0. The Bertz CT molecular complexity index is 584. The standard InChI is InChI=1S/C37H76O12/c1-4-6-8-10-12-14-17-48-37(3,49-18-15-13-11-9-7-5-2)36-47-35-34-46-33-32-45-31-30-44-29-28-43-27-26-42-25-24-41-23-22-40-21-20-39-19-16-38/h38H,4-36H2,1-3H3. The Morgan fingerprint density at radius 2 is 0.592 bits per heavy atom. The van der Waals surface area contributed by atoms with E-state index in [1.807, 2.05) is 6.92 Å². The highest BCUT2D eigenvalue weighted by atomic mass is 16.7. The van der Waals surface area contributed by atoms with Gasteiger partial charge in [-0.1, -0.05) is 78.1 Å². The molecular formula is C37H76O12. The zero-order valence-corrected chi connectivity index (χ0v) is 31.8. The third-order valence-electron chi connectivity index (χ3n) is 7.39.